The fourth-order valence-corrected chi connectivity index (χ4v) is 2.08. The Morgan fingerprint density at radius 2 is 1.87 bits per heavy atom. The topological polar surface area (TPSA) is 79.2 Å². The first-order chi connectivity index (χ1) is 10.7. The SMILES string of the molecule is CC(O)(CNC(=O)Nc1cnn(C(C)(C)C)c1)c1ccccc1. The number of nitrogens with one attached hydrogen (secondary N) is 2. The van der Waals surface area contributed by atoms with Crippen LogP contribution in [0.15, 0.2) is 42.7 Å². The summed E-state index contributed by atoms with van der Waals surface area (Å²) in [5, 5.41) is 20.1. The normalized spacial score (nSPS) is 14.1. The minimum atomic E-state index is -1.13. The standard InChI is InChI=1S/C17H24N4O2/c1-16(2,3)21-11-14(10-19-21)20-15(22)18-12-17(4,23)13-8-6-5-7-9-13/h5-11,23H,12H2,1-4H3,(H2,18,20,22). The van der Waals surface area contributed by atoms with Gasteiger partial charge in [-0.15, -0.1) is 0 Å². The highest BCUT2D eigenvalue weighted by Crippen LogP contribution is 2.19. The van der Waals surface area contributed by atoms with Gasteiger partial charge in [0, 0.05) is 6.20 Å². The van der Waals surface area contributed by atoms with Crippen LogP contribution in [0.1, 0.15) is 33.3 Å². The molecule has 3 N–H and O–H groups in total. The van der Waals surface area contributed by atoms with Gasteiger partial charge in [-0.2, -0.15) is 5.10 Å². The van der Waals surface area contributed by atoms with E-state index in [1.807, 2.05) is 51.1 Å². The third kappa shape index (κ3) is 4.56. The summed E-state index contributed by atoms with van der Waals surface area (Å²) < 4.78 is 1.78. The number of aliphatic hydroxyl groups is 1. The second kappa shape index (κ2) is 6.42. The predicted octanol–water partition coefficient (Wildman–Crippen LogP) is 2.67. The molecule has 0 aliphatic heterocycles. The maximum Gasteiger partial charge on any atom is 0.319 e. The van der Waals surface area contributed by atoms with E-state index in [0.29, 0.717) is 5.69 Å². The van der Waals surface area contributed by atoms with E-state index in [9.17, 15) is 9.90 Å². The largest absolute Gasteiger partial charge is 0.384 e. The monoisotopic (exact) mass is 316 g/mol. The molecule has 0 spiro atoms. The fraction of sp³-hybridized carbons (Fsp3) is 0.412. The maximum atomic E-state index is 12.0. The van der Waals surface area contributed by atoms with Crippen molar-refractivity contribution < 1.29 is 9.90 Å². The van der Waals surface area contributed by atoms with Crippen molar-refractivity contribution in [2.45, 2.75) is 38.8 Å². The number of anilines is 1. The number of urea groups is 1. The Balaban J connectivity index is 1.91. The lowest BCUT2D eigenvalue weighted by molar-refractivity contribution is 0.0599. The third-order valence-corrected chi connectivity index (χ3v) is 3.52. The highest BCUT2D eigenvalue weighted by Gasteiger charge is 2.23. The van der Waals surface area contributed by atoms with Crippen molar-refractivity contribution in [3.05, 3.63) is 48.3 Å². The molecule has 124 valence electrons. The molecule has 2 rings (SSSR count). The van der Waals surface area contributed by atoms with Crippen molar-refractivity contribution in [2.24, 2.45) is 0 Å². The van der Waals surface area contributed by atoms with Crippen LogP contribution in [0.25, 0.3) is 0 Å². The van der Waals surface area contributed by atoms with Crippen LogP contribution in [0, 0.1) is 0 Å². The van der Waals surface area contributed by atoms with E-state index in [2.05, 4.69) is 15.7 Å². The first-order valence-corrected chi connectivity index (χ1v) is 7.56. The zero-order chi connectivity index (χ0) is 17.1. The molecule has 1 unspecified atom stereocenters. The summed E-state index contributed by atoms with van der Waals surface area (Å²) in [6.45, 7) is 7.86. The van der Waals surface area contributed by atoms with Gasteiger partial charge in [-0.05, 0) is 33.3 Å². The Bertz CT molecular complexity index is 657. The van der Waals surface area contributed by atoms with Crippen molar-refractivity contribution in [1.82, 2.24) is 15.1 Å². The molecule has 23 heavy (non-hydrogen) atoms. The van der Waals surface area contributed by atoms with Crippen LogP contribution in [0.5, 0.6) is 0 Å². The summed E-state index contributed by atoms with van der Waals surface area (Å²) in [6, 6.07) is 8.86. The molecule has 2 aromatic rings. The number of nitrogens with zero attached hydrogens (tertiary/aromatic N) is 2. The number of benzene rings is 1. The highest BCUT2D eigenvalue weighted by molar-refractivity contribution is 5.88. The van der Waals surface area contributed by atoms with E-state index in [0.717, 1.165) is 5.56 Å². The Morgan fingerprint density at radius 1 is 1.22 bits per heavy atom. The minimum Gasteiger partial charge on any atom is -0.384 e. The molecule has 1 aromatic carbocycles. The average Bonchev–Trinajstić information content (AvgIpc) is 2.95. The fourth-order valence-electron chi connectivity index (χ4n) is 2.08. The lowest BCUT2D eigenvalue weighted by atomic mass is 9.96. The summed E-state index contributed by atoms with van der Waals surface area (Å²) >= 11 is 0. The van der Waals surface area contributed by atoms with Gasteiger partial charge in [0.05, 0.1) is 24.0 Å². The van der Waals surface area contributed by atoms with Crippen molar-refractivity contribution in [1.29, 1.82) is 0 Å². The minimum absolute atomic E-state index is 0.107. The van der Waals surface area contributed by atoms with Crippen LogP contribution >= 0.6 is 0 Å². The summed E-state index contributed by atoms with van der Waals surface area (Å²) in [5.41, 5.74) is 0.0827. The van der Waals surface area contributed by atoms with Crippen molar-refractivity contribution in [3.63, 3.8) is 0 Å². The molecule has 6 nitrogen and oxygen atoms in total. The van der Waals surface area contributed by atoms with Gasteiger partial charge in [0.2, 0.25) is 0 Å². The van der Waals surface area contributed by atoms with Crippen LogP contribution in [0.3, 0.4) is 0 Å². The van der Waals surface area contributed by atoms with Crippen LogP contribution in [0.4, 0.5) is 10.5 Å². The second-order valence-electron chi connectivity index (χ2n) is 6.79. The number of carbonyl (C=O) groups is 1. The van der Waals surface area contributed by atoms with Gasteiger partial charge >= 0.3 is 6.03 Å². The summed E-state index contributed by atoms with van der Waals surface area (Å²) in [4.78, 5) is 12.0. The zero-order valence-electron chi connectivity index (χ0n) is 14.0. The molecule has 2 amide bonds. The van der Waals surface area contributed by atoms with Crippen LogP contribution in [0.2, 0.25) is 0 Å². The van der Waals surface area contributed by atoms with E-state index < -0.39 is 5.60 Å². The number of aromatic nitrogens is 2. The first kappa shape index (κ1) is 17.0. The number of hydrogen-bond donors (Lipinski definition) is 3. The van der Waals surface area contributed by atoms with Gasteiger partial charge in [0.25, 0.3) is 0 Å². The van der Waals surface area contributed by atoms with Crippen LogP contribution in [-0.2, 0) is 11.1 Å². The van der Waals surface area contributed by atoms with Gasteiger partial charge in [-0.3, -0.25) is 4.68 Å². The van der Waals surface area contributed by atoms with Crippen LogP contribution < -0.4 is 10.6 Å². The molecule has 6 heteroatoms. The molecule has 0 aliphatic carbocycles. The Hall–Kier alpha value is -2.34. The molecule has 0 bridgehead atoms. The van der Waals surface area contributed by atoms with Crippen LogP contribution in [-0.4, -0.2) is 27.5 Å². The Labute approximate surface area is 136 Å². The summed E-state index contributed by atoms with van der Waals surface area (Å²) in [5.74, 6) is 0. The summed E-state index contributed by atoms with van der Waals surface area (Å²) in [6.07, 6.45) is 3.37. The van der Waals surface area contributed by atoms with E-state index in [1.165, 1.54) is 0 Å². The first-order valence-electron chi connectivity index (χ1n) is 7.56. The molecule has 1 aromatic heterocycles. The number of amides is 2. The molecule has 0 saturated heterocycles. The van der Waals surface area contributed by atoms with E-state index in [-0.39, 0.29) is 18.1 Å². The second-order valence-corrected chi connectivity index (χ2v) is 6.79. The lowest BCUT2D eigenvalue weighted by Gasteiger charge is -2.24. The highest BCUT2D eigenvalue weighted by atomic mass is 16.3. The van der Waals surface area contributed by atoms with Gasteiger partial charge in [-0.25, -0.2) is 4.79 Å². The molecule has 0 fully saturated rings. The van der Waals surface area contributed by atoms with E-state index in [1.54, 1.807) is 24.0 Å². The Kier molecular flexibility index (Phi) is 4.75. The molecule has 0 aliphatic rings. The van der Waals surface area contributed by atoms with Crippen molar-refractivity contribution >= 4 is 11.7 Å². The molecule has 0 saturated carbocycles. The summed E-state index contributed by atoms with van der Waals surface area (Å²) in [7, 11) is 0. The van der Waals surface area contributed by atoms with Gasteiger partial charge in [-0.1, -0.05) is 30.3 Å². The lowest BCUT2D eigenvalue weighted by Crippen LogP contribution is -2.40. The molecule has 1 heterocycles. The number of hydrogen-bond acceptors (Lipinski definition) is 3. The predicted molar refractivity (Wildman–Crippen MR) is 90.3 cm³/mol. The zero-order valence-corrected chi connectivity index (χ0v) is 14.0. The smallest absolute Gasteiger partial charge is 0.319 e. The molecule has 1 atom stereocenters. The van der Waals surface area contributed by atoms with E-state index >= 15 is 0 Å². The third-order valence-electron chi connectivity index (χ3n) is 3.52. The quantitative estimate of drug-likeness (QED) is 0.811. The Morgan fingerprint density at radius 3 is 2.43 bits per heavy atom. The number of carbonyl (C=O) groups excluding carboxylic acids is 1. The average molecular weight is 316 g/mol. The van der Waals surface area contributed by atoms with E-state index in [4.69, 9.17) is 0 Å². The molecular weight excluding hydrogens is 292 g/mol. The van der Waals surface area contributed by atoms with Crippen molar-refractivity contribution in [3.8, 4) is 0 Å². The maximum absolute atomic E-state index is 12.0. The van der Waals surface area contributed by atoms with Crippen molar-refractivity contribution in [2.75, 3.05) is 11.9 Å². The molecular formula is C17H24N4O2. The van der Waals surface area contributed by atoms with Gasteiger partial charge < -0.3 is 15.7 Å². The number of rotatable bonds is 4. The van der Waals surface area contributed by atoms with Gasteiger partial charge in [0.15, 0.2) is 0 Å². The van der Waals surface area contributed by atoms with Gasteiger partial charge in [0.1, 0.15) is 5.60 Å². The molecule has 0 radical (unpaired) electrons.